The number of nitrogens with one attached hydrogen (secondary N) is 1. The molecule has 1 aromatic heterocycles. The third-order valence-corrected chi connectivity index (χ3v) is 3.40. The van der Waals surface area contributed by atoms with Gasteiger partial charge in [0.15, 0.2) is 12.4 Å². The van der Waals surface area contributed by atoms with Gasteiger partial charge in [0.2, 0.25) is 5.88 Å². The zero-order chi connectivity index (χ0) is 19.3. The van der Waals surface area contributed by atoms with Gasteiger partial charge in [-0.15, -0.1) is 6.42 Å². The molecule has 0 atom stereocenters. The number of nitrogens with zero attached hydrogens (tertiary/aromatic N) is 1. The molecule has 0 bridgehead atoms. The van der Waals surface area contributed by atoms with Crippen LogP contribution in [0.4, 0.5) is 23.7 Å². The van der Waals surface area contributed by atoms with Gasteiger partial charge < -0.3 is 9.47 Å². The molecule has 0 fully saturated rings. The van der Waals surface area contributed by atoms with Gasteiger partial charge >= 0.3 is 12.3 Å². The Balaban J connectivity index is 2.35. The summed E-state index contributed by atoms with van der Waals surface area (Å²) in [4.78, 5) is 15.0. The van der Waals surface area contributed by atoms with E-state index >= 15 is 0 Å². The average Bonchev–Trinajstić information content (AvgIpc) is 2.56. The van der Waals surface area contributed by atoms with Gasteiger partial charge in [0.25, 0.3) is 0 Å². The molecule has 0 aliphatic heterocycles. The van der Waals surface area contributed by atoms with Crippen LogP contribution in [0.1, 0.15) is 5.56 Å². The van der Waals surface area contributed by atoms with Crippen molar-refractivity contribution in [2.45, 2.75) is 6.18 Å². The second-order valence-corrected chi connectivity index (χ2v) is 5.45. The van der Waals surface area contributed by atoms with E-state index in [1.54, 1.807) is 0 Å². The van der Waals surface area contributed by atoms with E-state index in [1.807, 2.05) is 5.92 Å². The summed E-state index contributed by atoms with van der Waals surface area (Å²) < 4.78 is 49.6. The number of hydrogen-bond acceptors (Lipinski definition) is 4. The van der Waals surface area contributed by atoms with Crippen LogP contribution in [0.2, 0.25) is 10.0 Å². The number of rotatable bonds is 4. The van der Waals surface area contributed by atoms with Crippen molar-refractivity contribution in [3.05, 3.63) is 46.1 Å². The Labute approximate surface area is 156 Å². The maximum absolute atomic E-state index is 13.3. The van der Waals surface area contributed by atoms with Gasteiger partial charge in [-0.05, 0) is 18.2 Å². The van der Waals surface area contributed by atoms with E-state index in [4.69, 9.17) is 34.4 Å². The van der Waals surface area contributed by atoms with Crippen LogP contribution in [0.3, 0.4) is 0 Å². The van der Waals surface area contributed by atoms with Gasteiger partial charge in [0.1, 0.15) is 5.56 Å². The number of para-hydroxylation sites is 1. The first-order chi connectivity index (χ1) is 12.2. The molecule has 0 saturated carbocycles. The highest BCUT2D eigenvalue weighted by molar-refractivity contribution is 6.37. The molecule has 0 radical (unpaired) electrons. The molecular formula is C16H9Cl2F3N2O3. The zero-order valence-corrected chi connectivity index (χ0v) is 14.2. The Morgan fingerprint density at radius 2 is 1.96 bits per heavy atom. The zero-order valence-electron chi connectivity index (χ0n) is 12.7. The second-order valence-electron chi connectivity index (χ2n) is 4.63. The fourth-order valence-electron chi connectivity index (χ4n) is 1.74. The van der Waals surface area contributed by atoms with Gasteiger partial charge in [-0.3, -0.25) is 5.32 Å². The normalized spacial score (nSPS) is 10.8. The summed E-state index contributed by atoms with van der Waals surface area (Å²) in [6, 6.07) is 4.93. The number of benzene rings is 1. The number of carbonyl (C=O) groups excluding carboxylic acids is 1. The van der Waals surface area contributed by atoms with E-state index in [9.17, 15) is 18.0 Å². The third kappa shape index (κ3) is 4.94. The Kier molecular flexibility index (Phi) is 6.18. The molecule has 136 valence electrons. The topological polar surface area (TPSA) is 60.5 Å². The lowest BCUT2D eigenvalue weighted by atomic mass is 10.2. The number of terminal acetylenes is 1. The molecule has 26 heavy (non-hydrogen) atoms. The quantitative estimate of drug-likeness (QED) is 0.694. The summed E-state index contributed by atoms with van der Waals surface area (Å²) in [5, 5.41) is 2.09. The molecule has 0 saturated heterocycles. The van der Waals surface area contributed by atoms with Crippen LogP contribution in [0.15, 0.2) is 30.5 Å². The lowest BCUT2D eigenvalue weighted by molar-refractivity contribution is -0.138. The van der Waals surface area contributed by atoms with Crippen molar-refractivity contribution in [2.75, 3.05) is 11.9 Å². The van der Waals surface area contributed by atoms with E-state index < -0.39 is 23.7 Å². The Hall–Kier alpha value is -2.63. The maximum atomic E-state index is 13.3. The SMILES string of the molecule is C#CCOC(=O)Nc1cnc(Oc2c(Cl)cccc2Cl)c(C(F)(F)F)c1. The van der Waals surface area contributed by atoms with Gasteiger partial charge in [-0.1, -0.05) is 35.2 Å². The highest BCUT2D eigenvalue weighted by Crippen LogP contribution is 2.41. The third-order valence-electron chi connectivity index (χ3n) is 2.81. The molecule has 1 N–H and O–H groups in total. The van der Waals surface area contributed by atoms with Crippen LogP contribution in [0.5, 0.6) is 11.6 Å². The minimum absolute atomic E-state index is 0.00693. The number of amides is 1. The Morgan fingerprint density at radius 1 is 1.31 bits per heavy atom. The molecule has 1 heterocycles. The Bertz CT molecular complexity index is 847. The van der Waals surface area contributed by atoms with Crippen LogP contribution in [0.25, 0.3) is 0 Å². The van der Waals surface area contributed by atoms with E-state index in [-0.39, 0.29) is 28.1 Å². The molecule has 0 aliphatic carbocycles. The monoisotopic (exact) mass is 404 g/mol. The maximum Gasteiger partial charge on any atom is 0.421 e. The van der Waals surface area contributed by atoms with Crippen molar-refractivity contribution in [3.8, 4) is 24.0 Å². The van der Waals surface area contributed by atoms with Gasteiger partial charge in [-0.2, -0.15) is 13.2 Å². The number of ether oxygens (including phenoxy) is 2. The first-order valence-corrected chi connectivity index (χ1v) is 7.54. The second kappa shape index (κ2) is 8.17. The summed E-state index contributed by atoms with van der Waals surface area (Å²) in [5.41, 5.74) is -1.51. The Morgan fingerprint density at radius 3 is 2.54 bits per heavy atom. The van der Waals surface area contributed by atoms with Gasteiger partial charge in [-0.25, -0.2) is 9.78 Å². The predicted molar refractivity (Wildman–Crippen MR) is 89.6 cm³/mol. The summed E-state index contributed by atoms with van der Waals surface area (Å²) in [6.45, 7) is -0.336. The minimum Gasteiger partial charge on any atom is -0.436 e. The summed E-state index contributed by atoms with van der Waals surface area (Å²) in [5.74, 6) is 1.08. The van der Waals surface area contributed by atoms with Crippen LogP contribution in [-0.4, -0.2) is 17.7 Å². The lowest BCUT2D eigenvalue weighted by Crippen LogP contribution is -2.15. The molecule has 2 aromatic rings. The largest absolute Gasteiger partial charge is 0.436 e. The lowest BCUT2D eigenvalue weighted by Gasteiger charge is -2.15. The average molecular weight is 405 g/mol. The van der Waals surface area contributed by atoms with E-state index in [0.29, 0.717) is 6.07 Å². The van der Waals surface area contributed by atoms with Gasteiger partial charge in [0.05, 0.1) is 21.9 Å². The molecule has 1 aromatic carbocycles. The first-order valence-electron chi connectivity index (χ1n) is 6.78. The highest BCUT2D eigenvalue weighted by Gasteiger charge is 2.36. The number of halogens is 5. The number of anilines is 1. The molecule has 1 amide bonds. The fraction of sp³-hybridized carbons (Fsp3) is 0.125. The van der Waals surface area contributed by atoms with E-state index in [1.165, 1.54) is 18.2 Å². The van der Waals surface area contributed by atoms with Crippen molar-refractivity contribution in [3.63, 3.8) is 0 Å². The summed E-state index contributed by atoms with van der Waals surface area (Å²) in [7, 11) is 0. The molecule has 0 aliphatic rings. The van der Waals surface area contributed by atoms with Crippen molar-refractivity contribution in [1.82, 2.24) is 4.98 Å². The van der Waals surface area contributed by atoms with Crippen molar-refractivity contribution >= 4 is 35.0 Å². The minimum atomic E-state index is -4.82. The van der Waals surface area contributed by atoms with Crippen LogP contribution < -0.4 is 10.1 Å². The van der Waals surface area contributed by atoms with E-state index in [0.717, 1.165) is 6.20 Å². The summed E-state index contributed by atoms with van der Waals surface area (Å²) in [6.07, 6.45) is 0.0155. The number of hydrogen-bond donors (Lipinski definition) is 1. The van der Waals surface area contributed by atoms with Crippen molar-refractivity contribution in [1.29, 1.82) is 0 Å². The van der Waals surface area contributed by atoms with Crippen molar-refractivity contribution < 1.29 is 27.4 Å². The number of pyridine rings is 1. The summed E-state index contributed by atoms with van der Waals surface area (Å²) >= 11 is 11.8. The molecule has 0 unspecified atom stereocenters. The highest BCUT2D eigenvalue weighted by atomic mass is 35.5. The van der Waals surface area contributed by atoms with Crippen molar-refractivity contribution in [2.24, 2.45) is 0 Å². The van der Waals surface area contributed by atoms with Crippen LogP contribution in [-0.2, 0) is 10.9 Å². The number of alkyl halides is 3. The molecule has 5 nitrogen and oxygen atoms in total. The number of carbonyl (C=O) groups is 1. The molecular weight excluding hydrogens is 396 g/mol. The molecule has 0 spiro atoms. The standard InChI is InChI=1S/C16H9Cl2F3N2O3/c1-2-6-25-15(24)23-9-7-10(16(19,20)21)14(22-8-9)26-13-11(17)4-3-5-12(13)18/h1,3-5,7-8H,6H2,(H,23,24). The van der Waals surface area contributed by atoms with Crippen LogP contribution >= 0.6 is 23.2 Å². The number of aromatic nitrogens is 1. The van der Waals surface area contributed by atoms with Crippen LogP contribution in [0, 0.1) is 12.3 Å². The van der Waals surface area contributed by atoms with Gasteiger partial charge in [0, 0.05) is 0 Å². The fourth-order valence-corrected chi connectivity index (χ4v) is 2.22. The first kappa shape index (κ1) is 19.7. The predicted octanol–water partition coefficient (Wildman–Crippen LogP) is 5.38. The smallest absolute Gasteiger partial charge is 0.421 e. The molecule has 2 rings (SSSR count). The van der Waals surface area contributed by atoms with E-state index in [2.05, 4.69) is 15.0 Å². The molecule has 10 heteroatoms.